The van der Waals surface area contributed by atoms with Crippen molar-refractivity contribution in [3.8, 4) is 0 Å². The molecule has 0 spiro atoms. The van der Waals surface area contributed by atoms with Gasteiger partial charge < -0.3 is 9.64 Å². The SMILES string of the molecule is CCOC(=O)[C@H]1[C@@H](c2ccc3ccccc3c2)N1c1ccccc1. The minimum Gasteiger partial charge on any atom is -0.464 e. The molecule has 0 N–H and O–H groups in total. The molecule has 1 fully saturated rings. The van der Waals surface area contributed by atoms with Crippen LogP contribution in [0.1, 0.15) is 18.5 Å². The third-order valence-corrected chi connectivity index (χ3v) is 4.51. The van der Waals surface area contributed by atoms with E-state index in [9.17, 15) is 4.79 Å². The highest BCUT2D eigenvalue weighted by Crippen LogP contribution is 2.47. The molecule has 0 aliphatic carbocycles. The summed E-state index contributed by atoms with van der Waals surface area (Å²) >= 11 is 0. The van der Waals surface area contributed by atoms with E-state index < -0.39 is 0 Å². The van der Waals surface area contributed by atoms with Gasteiger partial charge in [0, 0.05) is 5.69 Å². The van der Waals surface area contributed by atoms with Gasteiger partial charge in [0.1, 0.15) is 0 Å². The first-order valence-corrected chi connectivity index (χ1v) is 8.28. The maximum absolute atomic E-state index is 12.4. The molecule has 3 heteroatoms. The largest absolute Gasteiger partial charge is 0.464 e. The molecule has 0 radical (unpaired) electrons. The van der Waals surface area contributed by atoms with Gasteiger partial charge in [-0.15, -0.1) is 0 Å². The van der Waals surface area contributed by atoms with Crippen molar-refractivity contribution in [3.05, 3.63) is 78.4 Å². The van der Waals surface area contributed by atoms with Crippen molar-refractivity contribution in [3.63, 3.8) is 0 Å². The fourth-order valence-electron chi connectivity index (χ4n) is 3.36. The third kappa shape index (κ3) is 2.52. The van der Waals surface area contributed by atoms with Gasteiger partial charge in [-0.25, -0.2) is 4.79 Å². The Morgan fingerprint density at radius 1 is 0.958 bits per heavy atom. The molecule has 1 heterocycles. The average Bonchev–Trinajstić information content (AvgIpc) is 3.38. The van der Waals surface area contributed by atoms with Gasteiger partial charge in [0.25, 0.3) is 0 Å². The number of nitrogens with zero attached hydrogens (tertiary/aromatic N) is 1. The lowest BCUT2D eigenvalue weighted by molar-refractivity contribution is -0.142. The summed E-state index contributed by atoms with van der Waals surface area (Å²) in [4.78, 5) is 14.5. The standard InChI is InChI=1S/C21H19NO2/c1-2-24-21(23)20-19(22(20)18-10-4-3-5-11-18)17-13-12-15-8-6-7-9-16(15)14-17/h3-14,19-20H,2H2,1H3/t19-,20-,22?/m1/s1. The van der Waals surface area contributed by atoms with Gasteiger partial charge in [0.2, 0.25) is 0 Å². The van der Waals surface area contributed by atoms with Crippen molar-refractivity contribution in [2.75, 3.05) is 11.5 Å². The van der Waals surface area contributed by atoms with E-state index in [1.807, 2.05) is 49.4 Å². The summed E-state index contributed by atoms with van der Waals surface area (Å²) < 4.78 is 5.28. The van der Waals surface area contributed by atoms with E-state index in [-0.39, 0.29) is 18.1 Å². The Labute approximate surface area is 141 Å². The number of hydrogen-bond donors (Lipinski definition) is 0. The van der Waals surface area contributed by atoms with Crippen molar-refractivity contribution >= 4 is 22.4 Å². The minimum absolute atomic E-state index is 0.0380. The van der Waals surface area contributed by atoms with Gasteiger partial charge in [-0.05, 0) is 41.5 Å². The fourth-order valence-corrected chi connectivity index (χ4v) is 3.36. The summed E-state index contributed by atoms with van der Waals surface area (Å²) in [5, 5.41) is 2.40. The third-order valence-electron chi connectivity index (χ3n) is 4.51. The lowest BCUT2D eigenvalue weighted by atomic mass is 10.0. The number of esters is 1. The Hall–Kier alpha value is -2.81. The number of carbonyl (C=O) groups excluding carboxylic acids is 1. The topological polar surface area (TPSA) is 29.3 Å². The first-order chi connectivity index (χ1) is 11.8. The van der Waals surface area contributed by atoms with E-state index >= 15 is 0 Å². The summed E-state index contributed by atoms with van der Waals surface area (Å²) in [5.74, 6) is -0.153. The predicted octanol–water partition coefficient (Wildman–Crippen LogP) is 4.33. The first-order valence-electron chi connectivity index (χ1n) is 8.28. The predicted molar refractivity (Wildman–Crippen MR) is 96.0 cm³/mol. The number of fused-ring (bicyclic) bond motifs is 1. The molecule has 0 unspecified atom stereocenters. The molecule has 3 nitrogen and oxygen atoms in total. The second-order valence-corrected chi connectivity index (χ2v) is 5.99. The van der Waals surface area contributed by atoms with E-state index in [1.54, 1.807) is 0 Å². The second kappa shape index (κ2) is 6.00. The van der Waals surface area contributed by atoms with Crippen LogP contribution in [0.5, 0.6) is 0 Å². The molecular weight excluding hydrogens is 298 g/mol. The smallest absolute Gasteiger partial charge is 0.331 e. The summed E-state index contributed by atoms with van der Waals surface area (Å²) in [5.41, 5.74) is 2.20. The number of benzene rings is 3. The zero-order valence-electron chi connectivity index (χ0n) is 13.6. The summed E-state index contributed by atoms with van der Waals surface area (Å²) in [6.07, 6.45) is 0. The Bertz CT molecular complexity index is 875. The molecule has 4 rings (SSSR count). The van der Waals surface area contributed by atoms with Crippen LogP contribution in [0, 0.1) is 0 Å². The van der Waals surface area contributed by atoms with Gasteiger partial charge in [0.05, 0.1) is 12.6 Å². The molecular formula is C21H19NO2. The highest BCUT2D eigenvalue weighted by Gasteiger charge is 2.54. The molecule has 1 saturated heterocycles. The van der Waals surface area contributed by atoms with Crippen LogP contribution in [0.2, 0.25) is 0 Å². The van der Waals surface area contributed by atoms with Gasteiger partial charge in [0.15, 0.2) is 6.04 Å². The number of para-hydroxylation sites is 1. The lowest BCUT2D eigenvalue weighted by Gasteiger charge is -2.06. The fraction of sp³-hybridized carbons (Fsp3) is 0.190. The number of carbonyl (C=O) groups is 1. The van der Waals surface area contributed by atoms with E-state index in [1.165, 1.54) is 10.8 Å². The molecule has 3 aromatic rings. The zero-order valence-corrected chi connectivity index (χ0v) is 13.6. The lowest BCUT2D eigenvalue weighted by Crippen LogP contribution is -2.15. The maximum Gasteiger partial charge on any atom is 0.331 e. The number of rotatable bonds is 4. The summed E-state index contributed by atoms with van der Waals surface area (Å²) in [6, 6.07) is 24.5. The van der Waals surface area contributed by atoms with Crippen LogP contribution in [0.25, 0.3) is 10.8 Å². The van der Waals surface area contributed by atoms with Crippen molar-refractivity contribution in [2.45, 2.75) is 19.0 Å². The Morgan fingerprint density at radius 3 is 2.42 bits per heavy atom. The van der Waals surface area contributed by atoms with E-state index in [0.717, 1.165) is 11.3 Å². The van der Waals surface area contributed by atoms with Crippen molar-refractivity contribution in [1.82, 2.24) is 0 Å². The zero-order chi connectivity index (χ0) is 16.5. The second-order valence-electron chi connectivity index (χ2n) is 5.99. The van der Waals surface area contributed by atoms with Crippen LogP contribution in [-0.2, 0) is 9.53 Å². The quantitative estimate of drug-likeness (QED) is 0.530. The molecule has 0 aromatic heterocycles. The number of hydrogen-bond acceptors (Lipinski definition) is 3. The van der Waals surface area contributed by atoms with E-state index in [2.05, 4.69) is 35.2 Å². The van der Waals surface area contributed by atoms with Crippen molar-refractivity contribution in [1.29, 1.82) is 0 Å². The molecule has 2 atom stereocenters. The Morgan fingerprint density at radius 2 is 1.67 bits per heavy atom. The molecule has 0 saturated carbocycles. The van der Waals surface area contributed by atoms with Gasteiger partial charge in [-0.3, -0.25) is 0 Å². The van der Waals surface area contributed by atoms with Crippen molar-refractivity contribution in [2.24, 2.45) is 0 Å². The molecule has 120 valence electrons. The number of ether oxygens (including phenoxy) is 1. The van der Waals surface area contributed by atoms with Gasteiger partial charge in [-0.1, -0.05) is 54.6 Å². The van der Waals surface area contributed by atoms with Crippen LogP contribution in [-0.4, -0.2) is 18.6 Å². The van der Waals surface area contributed by atoms with Crippen LogP contribution >= 0.6 is 0 Å². The highest BCUT2D eigenvalue weighted by atomic mass is 16.5. The van der Waals surface area contributed by atoms with Gasteiger partial charge in [-0.2, -0.15) is 0 Å². The monoisotopic (exact) mass is 317 g/mol. The molecule has 0 bridgehead atoms. The molecule has 1 aliphatic rings. The van der Waals surface area contributed by atoms with Gasteiger partial charge >= 0.3 is 5.97 Å². The Balaban J connectivity index is 1.71. The molecule has 24 heavy (non-hydrogen) atoms. The van der Waals surface area contributed by atoms with Crippen LogP contribution in [0.15, 0.2) is 72.8 Å². The minimum atomic E-state index is -0.242. The summed E-state index contributed by atoms with van der Waals surface area (Å²) in [7, 11) is 0. The van der Waals surface area contributed by atoms with E-state index in [4.69, 9.17) is 4.74 Å². The first kappa shape index (κ1) is 14.8. The molecule has 3 aromatic carbocycles. The van der Waals surface area contributed by atoms with E-state index in [0.29, 0.717) is 6.61 Å². The maximum atomic E-state index is 12.4. The average molecular weight is 317 g/mol. The normalized spacial score (nSPS) is 19.3. The van der Waals surface area contributed by atoms with Crippen LogP contribution in [0.3, 0.4) is 0 Å². The molecule has 1 aliphatic heterocycles. The van der Waals surface area contributed by atoms with Crippen LogP contribution < -0.4 is 4.90 Å². The summed E-state index contributed by atoms with van der Waals surface area (Å²) in [6.45, 7) is 2.25. The van der Waals surface area contributed by atoms with Crippen molar-refractivity contribution < 1.29 is 9.53 Å². The Kier molecular flexibility index (Phi) is 3.69. The van der Waals surface area contributed by atoms with Crippen LogP contribution in [0.4, 0.5) is 5.69 Å². The number of anilines is 1. The molecule has 0 amide bonds. The highest BCUT2D eigenvalue weighted by molar-refractivity contribution is 5.90.